The Morgan fingerprint density at radius 3 is 2.53 bits per heavy atom. The lowest BCUT2D eigenvalue weighted by Crippen LogP contribution is -2.44. The minimum Gasteiger partial charge on any atom is -0.341 e. The van der Waals surface area contributed by atoms with Crippen LogP contribution in [0.1, 0.15) is 67.5 Å². The third-order valence-corrected chi connectivity index (χ3v) is 6.81. The van der Waals surface area contributed by atoms with Gasteiger partial charge in [-0.15, -0.1) is 0 Å². The second kappa shape index (κ2) is 11.6. The van der Waals surface area contributed by atoms with E-state index in [2.05, 4.69) is 15.6 Å². The summed E-state index contributed by atoms with van der Waals surface area (Å²) in [4.78, 5) is 31.0. The minimum absolute atomic E-state index is 0.0251. The maximum Gasteiger partial charge on any atom is 0.237 e. The first-order chi connectivity index (χ1) is 17.3. The number of ketones is 1. The van der Waals surface area contributed by atoms with Crippen LogP contribution in [0.3, 0.4) is 0 Å². The largest absolute Gasteiger partial charge is 0.341 e. The predicted molar refractivity (Wildman–Crippen MR) is 140 cm³/mol. The Balaban J connectivity index is 1.74. The molecule has 2 heterocycles. The third-order valence-electron chi connectivity index (χ3n) is 6.81. The average molecular weight is 488 g/mol. The highest BCUT2D eigenvalue weighted by atomic mass is 19.1. The Hall–Kier alpha value is -3.38. The second-order valence-corrected chi connectivity index (χ2v) is 9.82. The van der Waals surface area contributed by atoms with Gasteiger partial charge in [0.2, 0.25) is 5.91 Å². The van der Waals surface area contributed by atoms with Crippen LogP contribution in [-0.2, 0) is 16.0 Å². The molecule has 0 aliphatic carbocycles. The molecule has 1 aromatic heterocycles. The van der Waals surface area contributed by atoms with E-state index in [1.165, 1.54) is 0 Å². The number of pyridine rings is 1. The number of aromatic nitrogens is 1. The fourth-order valence-electron chi connectivity index (χ4n) is 4.85. The van der Waals surface area contributed by atoms with Gasteiger partial charge in [0, 0.05) is 23.9 Å². The molecule has 3 aromatic rings. The van der Waals surface area contributed by atoms with Gasteiger partial charge in [-0.1, -0.05) is 56.3 Å². The summed E-state index contributed by atoms with van der Waals surface area (Å²) in [5, 5.41) is 6.17. The number of Topliss-reactive ketones (excluding diaryl/α,β-unsaturated/α-hetero) is 1. The number of rotatable bonds is 9. The van der Waals surface area contributed by atoms with Crippen LogP contribution in [-0.4, -0.2) is 29.3 Å². The summed E-state index contributed by atoms with van der Waals surface area (Å²) < 4.78 is 16.0. The van der Waals surface area contributed by atoms with Gasteiger partial charge in [0.1, 0.15) is 11.9 Å². The molecule has 2 aromatic carbocycles. The molecule has 36 heavy (non-hydrogen) atoms. The van der Waals surface area contributed by atoms with Crippen molar-refractivity contribution in [2.75, 3.05) is 6.54 Å². The van der Waals surface area contributed by atoms with E-state index in [0.29, 0.717) is 28.7 Å². The second-order valence-electron chi connectivity index (χ2n) is 9.82. The molecular formula is C30H34FN3O2. The first-order valence-corrected chi connectivity index (χ1v) is 12.7. The van der Waals surface area contributed by atoms with Crippen molar-refractivity contribution in [1.29, 1.82) is 0 Å². The number of carbonyl (C=O) groups is 2. The monoisotopic (exact) mass is 487 g/mol. The topological polar surface area (TPSA) is 71.1 Å². The van der Waals surface area contributed by atoms with Crippen LogP contribution in [0.4, 0.5) is 4.39 Å². The number of nitrogens with one attached hydrogen (secondary N) is 2. The van der Waals surface area contributed by atoms with Crippen LogP contribution < -0.4 is 10.6 Å². The Morgan fingerprint density at radius 2 is 1.86 bits per heavy atom. The molecule has 6 heteroatoms. The molecule has 1 fully saturated rings. The molecule has 1 aliphatic heterocycles. The maximum atomic E-state index is 16.0. The van der Waals surface area contributed by atoms with Crippen molar-refractivity contribution >= 4 is 11.7 Å². The lowest BCUT2D eigenvalue weighted by molar-refractivity contribution is -0.129. The van der Waals surface area contributed by atoms with Gasteiger partial charge in [0.25, 0.3) is 0 Å². The molecule has 1 saturated heterocycles. The van der Waals surface area contributed by atoms with E-state index in [-0.39, 0.29) is 35.9 Å². The summed E-state index contributed by atoms with van der Waals surface area (Å²) in [5.41, 5.74) is 4.02. The first-order valence-electron chi connectivity index (χ1n) is 12.7. The van der Waals surface area contributed by atoms with Gasteiger partial charge in [-0.3, -0.25) is 14.6 Å². The van der Waals surface area contributed by atoms with Crippen molar-refractivity contribution in [2.24, 2.45) is 0 Å². The fourth-order valence-corrected chi connectivity index (χ4v) is 4.85. The van der Waals surface area contributed by atoms with Crippen molar-refractivity contribution in [3.63, 3.8) is 0 Å². The minimum atomic E-state index is -0.950. The summed E-state index contributed by atoms with van der Waals surface area (Å²) in [5.74, 6) is -0.741. The molecule has 0 saturated carbocycles. The van der Waals surface area contributed by atoms with E-state index in [0.717, 1.165) is 30.6 Å². The predicted octanol–water partition coefficient (Wildman–Crippen LogP) is 5.43. The van der Waals surface area contributed by atoms with Crippen LogP contribution in [0.5, 0.6) is 0 Å². The van der Waals surface area contributed by atoms with Crippen LogP contribution in [0.2, 0.25) is 0 Å². The molecule has 1 amide bonds. The highest BCUT2D eigenvalue weighted by Gasteiger charge is 2.31. The first kappa shape index (κ1) is 25.7. The number of carbonyl (C=O) groups excluding carboxylic acids is 2. The van der Waals surface area contributed by atoms with E-state index >= 15 is 4.39 Å². The van der Waals surface area contributed by atoms with E-state index in [4.69, 9.17) is 0 Å². The van der Waals surface area contributed by atoms with Gasteiger partial charge in [-0.2, -0.15) is 0 Å². The molecule has 1 aliphatic rings. The number of hydrogen-bond acceptors (Lipinski definition) is 4. The number of aryl methyl sites for hydroxylation is 2. The van der Waals surface area contributed by atoms with Crippen molar-refractivity contribution < 1.29 is 14.0 Å². The van der Waals surface area contributed by atoms with Gasteiger partial charge in [0.15, 0.2) is 5.78 Å². The van der Waals surface area contributed by atoms with Crippen molar-refractivity contribution in [3.8, 4) is 11.1 Å². The normalized spacial score (nSPS) is 16.2. The zero-order valence-electron chi connectivity index (χ0n) is 21.2. The standard InChI is InChI=1S/C30H34FN3O2/c1-19(2)23-12-13-24(27(28(23)31)22-8-5-4-6-9-22)29(34-30(36)25-10-7-16-33-25)26(35)14-11-21-15-17-32-20(3)18-21/h4-6,8-9,12-13,15,17-19,25,29,33H,7,10-11,14,16H2,1-3H3,(H,34,36). The Bertz CT molecular complexity index is 1220. The molecule has 0 spiro atoms. The summed E-state index contributed by atoms with van der Waals surface area (Å²) in [6.07, 6.45) is 4.09. The summed E-state index contributed by atoms with van der Waals surface area (Å²) >= 11 is 0. The third kappa shape index (κ3) is 5.88. The SMILES string of the molecule is Cc1cc(CCC(=O)C(NC(=O)C2CCCN2)c2ccc(C(C)C)c(F)c2-c2ccccc2)ccn1. The van der Waals surface area contributed by atoms with E-state index in [1.54, 1.807) is 12.3 Å². The average Bonchev–Trinajstić information content (AvgIpc) is 3.41. The molecule has 5 nitrogen and oxygen atoms in total. The number of nitrogens with zero attached hydrogens (tertiary/aromatic N) is 1. The van der Waals surface area contributed by atoms with Crippen molar-refractivity contribution in [3.05, 3.63) is 89.0 Å². The quantitative estimate of drug-likeness (QED) is 0.422. The number of amides is 1. The smallest absolute Gasteiger partial charge is 0.237 e. The van der Waals surface area contributed by atoms with Gasteiger partial charge in [-0.05, 0) is 73.0 Å². The molecule has 188 valence electrons. The van der Waals surface area contributed by atoms with Gasteiger partial charge >= 0.3 is 0 Å². The highest BCUT2D eigenvalue weighted by Crippen LogP contribution is 2.36. The van der Waals surface area contributed by atoms with Gasteiger partial charge in [-0.25, -0.2) is 4.39 Å². The maximum absolute atomic E-state index is 16.0. The summed E-state index contributed by atoms with van der Waals surface area (Å²) in [7, 11) is 0. The highest BCUT2D eigenvalue weighted by molar-refractivity contribution is 5.93. The number of hydrogen-bond donors (Lipinski definition) is 2. The summed E-state index contributed by atoms with van der Waals surface area (Å²) in [6.45, 7) is 6.57. The molecule has 2 atom stereocenters. The number of halogens is 1. The van der Waals surface area contributed by atoms with E-state index < -0.39 is 6.04 Å². The lowest BCUT2D eigenvalue weighted by atomic mass is 9.87. The fraction of sp³-hybridized carbons (Fsp3) is 0.367. The molecular weight excluding hydrogens is 453 g/mol. The molecule has 2 N–H and O–H groups in total. The van der Waals surface area contributed by atoms with Crippen molar-refractivity contribution in [2.45, 2.75) is 64.5 Å². The summed E-state index contributed by atoms with van der Waals surface area (Å²) in [6, 6.07) is 15.4. The Kier molecular flexibility index (Phi) is 8.26. The zero-order valence-corrected chi connectivity index (χ0v) is 21.2. The lowest BCUT2D eigenvalue weighted by Gasteiger charge is -2.25. The van der Waals surface area contributed by atoms with E-state index in [9.17, 15) is 9.59 Å². The van der Waals surface area contributed by atoms with Crippen LogP contribution in [0, 0.1) is 12.7 Å². The Labute approximate surface area is 212 Å². The molecule has 4 rings (SSSR count). The molecule has 2 unspecified atom stereocenters. The van der Waals surface area contributed by atoms with Crippen LogP contribution >= 0.6 is 0 Å². The van der Waals surface area contributed by atoms with Crippen LogP contribution in [0.25, 0.3) is 11.1 Å². The van der Waals surface area contributed by atoms with Crippen LogP contribution in [0.15, 0.2) is 60.8 Å². The zero-order chi connectivity index (χ0) is 25.7. The van der Waals surface area contributed by atoms with Gasteiger partial charge < -0.3 is 10.6 Å². The molecule has 0 bridgehead atoms. The molecule has 0 radical (unpaired) electrons. The number of benzene rings is 2. The Morgan fingerprint density at radius 1 is 1.11 bits per heavy atom. The van der Waals surface area contributed by atoms with Crippen molar-refractivity contribution in [1.82, 2.24) is 15.6 Å². The van der Waals surface area contributed by atoms with E-state index in [1.807, 2.05) is 69.3 Å². The van der Waals surface area contributed by atoms with Gasteiger partial charge in [0.05, 0.1) is 6.04 Å².